The van der Waals surface area contributed by atoms with Crippen molar-refractivity contribution in [2.24, 2.45) is 11.1 Å². The molecule has 1 rings (SSSR count). The van der Waals surface area contributed by atoms with Gasteiger partial charge in [-0.3, -0.25) is 0 Å². The number of amides is 1. The van der Waals surface area contributed by atoms with Crippen molar-refractivity contribution in [3.8, 4) is 5.88 Å². The van der Waals surface area contributed by atoms with E-state index in [0.717, 1.165) is 6.07 Å². The molecule has 0 radical (unpaired) electrons. The van der Waals surface area contributed by atoms with Crippen LogP contribution in [-0.4, -0.2) is 23.8 Å². The Hall–Kier alpha value is -1.56. The lowest BCUT2D eigenvalue weighted by molar-refractivity contribution is 0.0440. The normalized spacial score (nSPS) is 12.8. The predicted molar refractivity (Wildman–Crippen MR) is 73.2 cm³/mol. The number of nitrogens with two attached hydrogens (primary N) is 1. The molecule has 0 aromatic carbocycles. The topological polar surface area (TPSA) is 74.4 Å². The van der Waals surface area contributed by atoms with Crippen LogP contribution in [0.15, 0.2) is 12.1 Å². The van der Waals surface area contributed by atoms with Gasteiger partial charge in [0, 0.05) is 0 Å². The van der Waals surface area contributed by atoms with Crippen LogP contribution in [0.4, 0.5) is 9.18 Å². The number of rotatable bonds is 5. The Kier molecular flexibility index (Phi) is 5.56. The first-order valence-corrected chi connectivity index (χ1v) is 6.46. The Morgan fingerprint density at radius 1 is 1.50 bits per heavy atom. The third-order valence-corrected chi connectivity index (χ3v) is 2.52. The van der Waals surface area contributed by atoms with E-state index in [1.165, 1.54) is 6.07 Å². The van der Waals surface area contributed by atoms with Crippen LogP contribution in [0.1, 0.15) is 27.2 Å². The van der Waals surface area contributed by atoms with Crippen LogP contribution < -0.4 is 10.5 Å². The molecule has 0 saturated heterocycles. The molecule has 7 heteroatoms. The molecule has 0 aliphatic rings. The summed E-state index contributed by atoms with van der Waals surface area (Å²) in [6.45, 7) is 5.87. The molecule has 20 heavy (non-hydrogen) atoms. The lowest BCUT2D eigenvalue weighted by Crippen LogP contribution is -2.32. The van der Waals surface area contributed by atoms with Gasteiger partial charge in [0.2, 0.25) is 0 Å². The number of carbonyl (C=O) groups is 1. The number of carbonyl (C=O) groups excluding carboxylic acids is 1. The van der Waals surface area contributed by atoms with Crippen molar-refractivity contribution in [3.05, 3.63) is 23.1 Å². The summed E-state index contributed by atoms with van der Waals surface area (Å²) in [6, 6.07) is 2.47. The van der Waals surface area contributed by atoms with Gasteiger partial charge in [0.15, 0.2) is 5.82 Å². The highest BCUT2D eigenvalue weighted by atomic mass is 35.5. The lowest BCUT2D eigenvalue weighted by Gasteiger charge is -2.25. The minimum absolute atomic E-state index is 0.0511. The van der Waals surface area contributed by atoms with Crippen LogP contribution in [0.5, 0.6) is 5.88 Å². The summed E-state index contributed by atoms with van der Waals surface area (Å²) >= 11 is 5.66. The van der Waals surface area contributed by atoms with Crippen LogP contribution in [0.25, 0.3) is 0 Å². The van der Waals surface area contributed by atoms with Gasteiger partial charge in [-0.2, -0.15) is 4.98 Å². The Morgan fingerprint density at radius 2 is 2.15 bits per heavy atom. The van der Waals surface area contributed by atoms with E-state index in [4.69, 9.17) is 26.8 Å². The van der Waals surface area contributed by atoms with Crippen LogP contribution in [0.2, 0.25) is 5.15 Å². The fraction of sp³-hybridized carbons (Fsp3) is 0.538. The molecule has 0 spiro atoms. The molecule has 112 valence electrons. The number of hydrogen-bond donors (Lipinski definition) is 1. The summed E-state index contributed by atoms with van der Waals surface area (Å²) in [6.07, 6.45) is -0.979. The third kappa shape index (κ3) is 6.06. The average molecular weight is 305 g/mol. The average Bonchev–Trinajstić information content (AvgIpc) is 2.27. The number of aromatic nitrogens is 1. The fourth-order valence-electron chi connectivity index (χ4n) is 1.66. The molecule has 0 aliphatic heterocycles. The predicted octanol–water partition coefficient (Wildman–Crippen LogP) is 3.15. The van der Waals surface area contributed by atoms with Gasteiger partial charge in [-0.05, 0) is 24.0 Å². The van der Waals surface area contributed by atoms with Crippen LogP contribution >= 0.6 is 11.6 Å². The molecule has 1 heterocycles. The van der Waals surface area contributed by atoms with Gasteiger partial charge >= 0.3 is 6.09 Å². The maximum atomic E-state index is 13.4. The van der Waals surface area contributed by atoms with Crippen LogP contribution in [0, 0.1) is 11.2 Å². The van der Waals surface area contributed by atoms with E-state index in [-0.39, 0.29) is 23.1 Å². The molecule has 5 nitrogen and oxygen atoms in total. The van der Waals surface area contributed by atoms with Crippen LogP contribution in [0.3, 0.4) is 0 Å². The van der Waals surface area contributed by atoms with Gasteiger partial charge in [0.25, 0.3) is 5.88 Å². The monoisotopic (exact) mass is 304 g/mol. The minimum Gasteiger partial charge on any atom is -0.472 e. The van der Waals surface area contributed by atoms with Crippen molar-refractivity contribution in [3.63, 3.8) is 0 Å². The molecular weight excluding hydrogens is 287 g/mol. The number of primary amides is 1. The van der Waals surface area contributed by atoms with Gasteiger partial charge in [-0.1, -0.05) is 32.4 Å². The van der Waals surface area contributed by atoms with Crippen molar-refractivity contribution in [2.45, 2.75) is 33.3 Å². The Labute approximate surface area is 122 Å². The molecular formula is C13H18ClFN2O3. The molecule has 1 aromatic rings. The maximum Gasteiger partial charge on any atom is 0.404 e. The van der Waals surface area contributed by atoms with Crippen LogP contribution in [-0.2, 0) is 4.74 Å². The van der Waals surface area contributed by atoms with Crippen molar-refractivity contribution in [1.82, 2.24) is 4.98 Å². The highest BCUT2D eigenvalue weighted by molar-refractivity contribution is 6.29. The minimum atomic E-state index is -0.901. The second kappa shape index (κ2) is 6.74. The van der Waals surface area contributed by atoms with Crippen molar-refractivity contribution < 1.29 is 18.7 Å². The quantitative estimate of drug-likeness (QED) is 0.848. The van der Waals surface area contributed by atoms with E-state index < -0.39 is 18.0 Å². The number of halogens is 2. The highest BCUT2D eigenvalue weighted by Crippen LogP contribution is 2.24. The highest BCUT2D eigenvalue weighted by Gasteiger charge is 2.23. The van der Waals surface area contributed by atoms with Gasteiger partial charge in [0.1, 0.15) is 17.9 Å². The first-order valence-electron chi connectivity index (χ1n) is 6.08. The molecule has 2 N–H and O–H groups in total. The summed E-state index contributed by atoms with van der Waals surface area (Å²) < 4.78 is 23.6. The third-order valence-electron chi connectivity index (χ3n) is 2.31. The summed E-state index contributed by atoms with van der Waals surface area (Å²) in [5, 5.41) is 0.115. The fourth-order valence-corrected chi connectivity index (χ4v) is 1.80. The molecule has 0 bridgehead atoms. The second-order valence-corrected chi connectivity index (χ2v) is 5.94. The van der Waals surface area contributed by atoms with E-state index in [0.29, 0.717) is 6.42 Å². The van der Waals surface area contributed by atoms with E-state index in [1.807, 2.05) is 20.8 Å². The van der Waals surface area contributed by atoms with E-state index >= 15 is 0 Å². The molecule has 1 amide bonds. The summed E-state index contributed by atoms with van der Waals surface area (Å²) in [5.74, 6) is -0.868. The van der Waals surface area contributed by atoms with Crippen molar-refractivity contribution in [2.75, 3.05) is 6.61 Å². The van der Waals surface area contributed by atoms with Gasteiger partial charge in [-0.15, -0.1) is 0 Å². The molecule has 1 atom stereocenters. The molecule has 0 saturated carbocycles. The number of hydrogen-bond acceptors (Lipinski definition) is 4. The van der Waals surface area contributed by atoms with Gasteiger partial charge in [-0.25, -0.2) is 9.18 Å². The van der Waals surface area contributed by atoms with Crippen molar-refractivity contribution >= 4 is 17.7 Å². The standard InChI is InChI=1S/C13H18ClFN2O3/c1-13(2,3)6-8(20-12(16)18)7-19-11-9(15)4-5-10(14)17-11/h4-5,8H,6-7H2,1-3H3,(H2,16,18)/t8-/m0/s1. The molecule has 0 unspecified atom stereocenters. The number of ether oxygens (including phenoxy) is 2. The Balaban J connectivity index is 2.70. The Morgan fingerprint density at radius 3 is 2.70 bits per heavy atom. The molecule has 1 aromatic heterocycles. The van der Waals surface area contributed by atoms with E-state index in [1.54, 1.807) is 0 Å². The SMILES string of the molecule is CC(C)(C)C[C@@H](COc1nc(Cl)ccc1F)OC(N)=O. The zero-order valence-corrected chi connectivity index (χ0v) is 12.4. The molecule has 0 aliphatic carbocycles. The molecule has 0 fully saturated rings. The van der Waals surface area contributed by atoms with Crippen molar-refractivity contribution in [1.29, 1.82) is 0 Å². The Bertz CT molecular complexity index is 477. The van der Waals surface area contributed by atoms with Gasteiger partial charge in [0.05, 0.1) is 0 Å². The summed E-state index contributed by atoms with van der Waals surface area (Å²) in [5.41, 5.74) is 4.90. The van der Waals surface area contributed by atoms with E-state index in [9.17, 15) is 9.18 Å². The maximum absolute atomic E-state index is 13.4. The largest absolute Gasteiger partial charge is 0.472 e. The van der Waals surface area contributed by atoms with Gasteiger partial charge < -0.3 is 15.2 Å². The first kappa shape index (κ1) is 16.5. The number of nitrogens with zero attached hydrogens (tertiary/aromatic N) is 1. The zero-order chi connectivity index (χ0) is 15.3. The first-order chi connectivity index (χ1) is 9.17. The summed E-state index contributed by atoms with van der Waals surface area (Å²) in [7, 11) is 0. The number of pyridine rings is 1. The van der Waals surface area contributed by atoms with E-state index in [2.05, 4.69) is 4.98 Å². The summed E-state index contributed by atoms with van der Waals surface area (Å²) in [4.78, 5) is 14.6. The lowest BCUT2D eigenvalue weighted by atomic mass is 9.89. The smallest absolute Gasteiger partial charge is 0.404 e. The zero-order valence-electron chi connectivity index (χ0n) is 11.7. The second-order valence-electron chi connectivity index (χ2n) is 5.56.